The van der Waals surface area contributed by atoms with Gasteiger partial charge in [0.2, 0.25) is 0 Å². The van der Waals surface area contributed by atoms with Crippen LogP contribution in [-0.2, 0) is 35.1 Å². The predicted octanol–water partition coefficient (Wildman–Crippen LogP) is 4.34. The number of aryl methyl sites for hydroxylation is 1. The molecule has 4 aromatic rings. The molecule has 0 aromatic heterocycles. The third-order valence-corrected chi connectivity index (χ3v) is 8.04. The SMILES string of the molecule is CC(C)(C)c1ccc2[cH-]c3ccc(C(C)(C)C)cc3c2c1.CC1=[C-]C(C)C=C1C.Cc1ccc([CH]=[Zr+2])cc1.[Cl-].[Cl-]. The molecular formula is C37H44Cl2Zr-2. The largest absolute Gasteiger partial charge is 1.00 e. The van der Waals surface area contributed by atoms with E-state index in [1.165, 1.54) is 79.2 Å². The molecule has 0 aliphatic heterocycles. The Morgan fingerprint density at radius 3 is 1.48 bits per heavy atom. The molecule has 0 heterocycles. The van der Waals surface area contributed by atoms with Crippen LogP contribution >= 0.6 is 0 Å². The van der Waals surface area contributed by atoms with Gasteiger partial charge in [-0.3, -0.25) is 6.08 Å². The molecule has 0 N–H and O–H groups in total. The first-order chi connectivity index (χ1) is 17.7. The van der Waals surface area contributed by atoms with Crippen molar-refractivity contribution in [3.8, 4) is 0 Å². The Bertz CT molecular complexity index is 1380. The summed E-state index contributed by atoms with van der Waals surface area (Å²) >= 11 is 1.47. The van der Waals surface area contributed by atoms with Crippen LogP contribution in [0, 0.1) is 18.9 Å². The van der Waals surface area contributed by atoms with E-state index in [9.17, 15) is 0 Å². The van der Waals surface area contributed by atoms with Gasteiger partial charge < -0.3 is 24.8 Å². The van der Waals surface area contributed by atoms with E-state index < -0.39 is 0 Å². The van der Waals surface area contributed by atoms with Crippen LogP contribution in [0.5, 0.6) is 0 Å². The zero-order chi connectivity index (χ0) is 28.3. The number of rotatable bonds is 1. The average Bonchev–Trinajstić information content (AvgIpc) is 3.35. The zero-order valence-electron chi connectivity index (χ0n) is 25.8. The summed E-state index contributed by atoms with van der Waals surface area (Å²) in [6.45, 7) is 22.2. The van der Waals surface area contributed by atoms with Crippen molar-refractivity contribution in [2.75, 3.05) is 0 Å². The summed E-state index contributed by atoms with van der Waals surface area (Å²) in [6, 6.07) is 24.7. The van der Waals surface area contributed by atoms with Crippen molar-refractivity contribution in [1.82, 2.24) is 0 Å². The number of allylic oxidation sites excluding steroid dienone is 4. The van der Waals surface area contributed by atoms with Crippen LogP contribution < -0.4 is 24.8 Å². The molecule has 0 saturated carbocycles. The first-order valence-electron chi connectivity index (χ1n) is 13.7. The van der Waals surface area contributed by atoms with E-state index >= 15 is 0 Å². The van der Waals surface area contributed by atoms with Gasteiger partial charge in [-0.2, -0.15) is 6.08 Å². The number of fused-ring (bicyclic) bond motifs is 3. The van der Waals surface area contributed by atoms with Crippen molar-refractivity contribution < 1.29 is 49.0 Å². The van der Waals surface area contributed by atoms with Crippen molar-refractivity contribution in [3.05, 3.63) is 112 Å². The van der Waals surface area contributed by atoms with Crippen LogP contribution in [0.2, 0.25) is 0 Å². The molecule has 0 radical (unpaired) electrons. The van der Waals surface area contributed by atoms with Crippen LogP contribution in [0.1, 0.15) is 84.6 Å². The van der Waals surface area contributed by atoms with Crippen molar-refractivity contribution in [3.63, 3.8) is 0 Å². The summed E-state index contributed by atoms with van der Waals surface area (Å²) in [5.74, 6) is 0.551. The first-order valence-corrected chi connectivity index (χ1v) is 15.1. The van der Waals surface area contributed by atoms with Crippen LogP contribution in [0.3, 0.4) is 0 Å². The average molecular weight is 651 g/mol. The van der Waals surface area contributed by atoms with Gasteiger partial charge in [-0.15, -0.1) is 46.7 Å². The summed E-state index contributed by atoms with van der Waals surface area (Å²) in [6.07, 6.45) is 5.52. The maximum Gasteiger partial charge on any atom is -1.00 e. The molecule has 1 aliphatic rings. The van der Waals surface area contributed by atoms with Gasteiger partial charge in [0.05, 0.1) is 0 Å². The molecule has 0 spiro atoms. The van der Waals surface area contributed by atoms with Gasteiger partial charge in [0.1, 0.15) is 0 Å². The third-order valence-electron chi connectivity index (χ3n) is 7.22. The number of hydrogen-bond acceptors (Lipinski definition) is 0. The number of halogens is 2. The molecule has 1 atom stereocenters. The van der Waals surface area contributed by atoms with Gasteiger partial charge in [0.15, 0.2) is 0 Å². The number of benzene rings is 3. The molecule has 4 aromatic carbocycles. The summed E-state index contributed by atoms with van der Waals surface area (Å²) in [5, 5.41) is 5.49. The second-order valence-corrected chi connectivity index (χ2v) is 13.4. The molecule has 40 heavy (non-hydrogen) atoms. The van der Waals surface area contributed by atoms with Crippen molar-refractivity contribution >= 4 is 25.3 Å². The Morgan fingerprint density at radius 1 is 0.725 bits per heavy atom. The quantitative estimate of drug-likeness (QED) is 0.269. The van der Waals surface area contributed by atoms with Gasteiger partial charge >= 0.3 is 70.3 Å². The Balaban J connectivity index is 0.000000350. The molecule has 1 unspecified atom stereocenters. The second kappa shape index (κ2) is 15.0. The minimum absolute atomic E-state index is 0. The van der Waals surface area contributed by atoms with E-state index in [1.807, 2.05) is 0 Å². The van der Waals surface area contributed by atoms with Crippen LogP contribution in [-0.4, -0.2) is 3.71 Å². The molecule has 0 saturated heterocycles. The Hall–Kier alpha value is -1.66. The van der Waals surface area contributed by atoms with Crippen LogP contribution in [0.25, 0.3) is 21.5 Å². The molecule has 3 heteroatoms. The molecule has 5 rings (SSSR count). The van der Waals surface area contributed by atoms with E-state index in [1.54, 1.807) is 0 Å². The summed E-state index contributed by atoms with van der Waals surface area (Å²) in [5.41, 5.74) is 8.57. The molecule has 212 valence electrons. The van der Waals surface area contributed by atoms with E-state index in [0.29, 0.717) is 5.92 Å². The van der Waals surface area contributed by atoms with Gasteiger partial charge in [-0.25, -0.2) is 11.1 Å². The van der Waals surface area contributed by atoms with Gasteiger partial charge in [0, 0.05) is 0 Å². The molecular weight excluding hydrogens is 607 g/mol. The Kier molecular flexibility index (Phi) is 13.6. The van der Waals surface area contributed by atoms with Gasteiger partial charge in [-0.1, -0.05) is 96.7 Å². The van der Waals surface area contributed by atoms with Gasteiger partial charge in [0.25, 0.3) is 0 Å². The summed E-state index contributed by atoms with van der Waals surface area (Å²) in [4.78, 5) is 0. The van der Waals surface area contributed by atoms with Crippen molar-refractivity contribution in [2.45, 2.75) is 80.1 Å². The van der Waals surface area contributed by atoms with Crippen molar-refractivity contribution in [2.24, 2.45) is 5.92 Å². The molecule has 1 aliphatic carbocycles. The topological polar surface area (TPSA) is 0 Å². The van der Waals surface area contributed by atoms with E-state index in [2.05, 4.69) is 152 Å². The van der Waals surface area contributed by atoms with Crippen LogP contribution in [0.4, 0.5) is 0 Å². The minimum Gasteiger partial charge on any atom is -1.00 e. The molecule has 0 fully saturated rings. The molecule has 0 amide bonds. The van der Waals surface area contributed by atoms with Gasteiger partial charge in [-0.05, 0) is 10.8 Å². The second-order valence-electron chi connectivity index (χ2n) is 12.7. The summed E-state index contributed by atoms with van der Waals surface area (Å²) < 4.78 is 2.19. The fourth-order valence-electron chi connectivity index (χ4n) is 4.59. The number of hydrogen-bond donors (Lipinski definition) is 0. The van der Waals surface area contributed by atoms with E-state index in [4.69, 9.17) is 0 Å². The minimum atomic E-state index is 0. The smallest absolute Gasteiger partial charge is 1.00 e. The monoisotopic (exact) mass is 648 g/mol. The Morgan fingerprint density at radius 2 is 1.18 bits per heavy atom. The maximum atomic E-state index is 3.29. The fraction of sp³-hybridized carbons (Fsp3) is 0.351. The first kappa shape index (κ1) is 36.4. The van der Waals surface area contributed by atoms with E-state index in [-0.39, 0.29) is 35.6 Å². The van der Waals surface area contributed by atoms with Crippen molar-refractivity contribution in [1.29, 1.82) is 0 Å². The zero-order valence-corrected chi connectivity index (χ0v) is 29.8. The Labute approximate surface area is 270 Å². The third kappa shape index (κ3) is 9.72. The summed E-state index contributed by atoms with van der Waals surface area (Å²) in [7, 11) is 0. The standard InChI is InChI=1S/C21H25.C8H11.C8H8.2ClH.Zr/c1-20(2,3)16-9-7-14-11-15-8-10-17(21(4,5)6)13-19(15)18(14)12-16;1-6-4-7(2)8(3)5-6;1-7-3-5-8(2)6-4-7;;;/h7-13H,1-6H3;4,6H,1-3H3;1,3-6H,2H3;2*1H;/q2*-1;;;;+2/p-2. The fourth-order valence-corrected chi connectivity index (χ4v) is 5.06. The predicted molar refractivity (Wildman–Crippen MR) is 166 cm³/mol. The van der Waals surface area contributed by atoms with Crippen LogP contribution in [0.15, 0.2) is 84.0 Å². The molecule has 0 nitrogen and oxygen atoms in total. The maximum absolute atomic E-state index is 3.29. The normalized spacial score (nSPS) is 14.6. The van der Waals surface area contributed by atoms with E-state index in [0.717, 1.165) is 0 Å². The molecule has 0 bridgehead atoms.